The smallest absolute Gasteiger partial charge is 0.411 e. The summed E-state index contributed by atoms with van der Waals surface area (Å²) in [5.74, 6) is 0.792. The fourth-order valence-corrected chi connectivity index (χ4v) is 4.10. The van der Waals surface area contributed by atoms with Gasteiger partial charge in [0.1, 0.15) is 5.78 Å². The van der Waals surface area contributed by atoms with Gasteiger partial charge in [-0.15, -0.1) is 0 Å². The Bertz CT molecular complexity index is 1290. The Morgan fingerprint density at radius 3 is 2.60 bits per heavy atom. The first-order valence-corrected chi connectivity index (χ1v) is 11.9. The standard InChI is InChI=1S/C27H27ClN4O3/c1-16(2)35-27(34)31-21-7-8-24(28)23(14-21)25-13-19-12-20(15-30-26(19)32-25)18-5-3-17(4-6-18)11-22(33)9-10-29/h3-8,12,14-16H,9-11,13,29H2,1-2H3,(H,31,34). The summed E-state index contributed by atoms with van der Waals surface area (Å²) < 4.78 is 5.15. The molecular weight excluding hydrogens is 464 g/mol. The molecule has 1 aliphatic rings. The molecule has 8 heteroatoms. The lowest BCUT2D eigenvalue weighted by molar-refractivity contribution is -0.118. The number of nitrogens with zero attached hydrogens (tertiary/aromatic N) is 2. The van der Waals surface area contributed by atoms with E-state index in [1.54, 1.807) is 38.2 Å². The number of rotatable bonds is 8. The largest absolute Gasteiger partial charge is 0.447 e. The quantitative estimate of drug-likeness (QED) is 0.433. The van der Waals surface area contributed by atoms with E-state index in [0.29, 0.717) is 42.3 Å². The second-order valence-corrected chi connectivity index (χ2v) is 9.07. The molecule has 0 atom stereocenters. The number of nitrogens with two attached hydrogens (primary N) is 1. The van der Waals surface area contributed by atoms with Crippen molar-refractivity contribution in [3.63, 3.8) is 0 Å². The van der Waals surface area contributed by atoms with Gasteiger partial charge in [-0.1, -0.05) is 35.9 Å². The molecule has 1 aliphatic heterocycles. The van der Waals surface area contributed by atoms with Crippen molar-refractivity contribution in [2.24, 2.45) is 10.7 Å². The number of carbonyl (C=O) groups excluding carboxylic acids is 2. The molecule has 1 amide bonds. The van der Waals surface area contributed by atoms with E-state index >= 15 is 0 Å². The third kappa shape index (κ3) is 6.12. The molecule has 3 N–H and O–H groups in total. The van der Waals surface area contributed by atoms with Gasteiger partial charge >= 0.3 is 6.09 Å². The number of Topliss-reactive ketones (excluding diaryl/α,β-unsaturated/α-hetero) is 1. The fourth-order valence-electron chi connectivity index (χ4n) is 3.87. The van der Waals surface area contributed by atoms with E-state index < -0.39 is 6.09 Å². The molecule has 7 nitrogen and oxygen atoms in total. The Hall–Kier alpha value is -3.55. The number of halogens is 1. The van der Waals surface area contributed by atoms with Crippen molar-refractivity contribution >= 4 is 40.7 Å². The molecule has 0 radical (unpaired) electrons. The second kappa shape index (κ2) is 10.8. The maximum absolute atomic E-state index is 12.0. The summed E-state index contributed by atoms with van der Waals surface area (Å²) >= 11 is 6.46. The number of nitrogens with one attached hydrogen (secondary N) is 1. The first-order chi connectivity index (χ1) is 16.8. The van der Waals surface area contributed by atoms with Crippen molar-refractivity contribution in [3.8, 4) is 11.1 Å². The minimum atomic E-state index is -0.522. The van der Waals surface area contributed by atoms with Crippen LogP contribution in [0.3, 0.4) is 0 Å². The van der Waals surface area contributed by atoms with Crippen molar-refractivity contribution in [2.75, 3.05) is 11.9 Å². The number of ketones is 1. The minimum Gasteiger partial charge on any atom is -0.447 e. The summed E-state index contributed by atoms with van der Waals surface area (Å²) in [4.78, 5) is 33.0. The predicted molar refractivity (Wildman–Crippen MR) is 139 cm³/mol. The Balaban J connectivity index is 1.49. The molecule has 0 unspecified atom stereocenters. The molecular formula is C27H27ClN4O3. The van der Waals surface area contributed by atoms with Crippen LogP contribution >= 0.6 is 11.6 Å². The summed E-state index contributed by atoms with van der Waals surface area (Å²) in [6.45, 7) is 3.95. The SMILES string of the molecule is CC(C)OC(=O)Nc1ccc(Cl)c(C2=Nc3ncc(-c4ccc(CC(=O)CCN)cc4)cc3C2)c1. The van der Waals surface area contributed by atoms with E-state index in [4.69, 9.17) is 22.1 Å². The van der Waals surface area contributed by atoms with Crippen molar-refractivity contribution < 1.29 is 14.3 Å². The normalized spacial score (nSPS) is 12.3. The average molecular weight is 491 g/mol. The zero-order chi connectivity index (χ0) is 24.9. The van der Waals surface area contributed by atoms with Crippen LogP contribution in [0.1, 0.15) is 37.0 Å². The summed E-state index contributed by atoms with van der Waals surface area (Å²) in [6.07, 6.45) is 2.41. The molecule has 0 bridgehead atoms. The summed E-state index contributed by atoms with van der Waals surface area (Å²) in [5.41, 5.74) is 11.5. The van der Waals surface area contributed by atoms with Crippen LogP contribution < -0.4 is 11.1 Å². The number of hydrogen-bond acceptors (Lipinski definition) is 6. The molecule has 0 saturated heterocycles. The highest BCUT2D eigenvalue weighted by Crippen LogP contribution is 2.33. The van der Waals surface area contributed by atoms with Crippen molar-refractivity contribution in [1.82, 2.24) is 4.98 Å². The lowest BCUT2D eigenvalue weighted by Crippen LogP contribution is -2.18. The molecule has 35 heavy (non-hydrogen) atoms. The van der Waals surface area contributed by atoms with Crippen molar-refractivity contribution in [1.29, 1.82) is 0 Å². The van der Waals surface area contributed by atoms with Gasteiger partial charge in [0, 0.05) is 52.9 Å². The molecule has 0 spiro atoms. The van der Waals surface area contributed by atoms with Gasteiger partial charge < -0.3 is 10.5 Å². The van der Waals surface area contributed by atoms with Gasteiger partial charge in [-0.05, 0) is 55.8 Å². The van der Waals surface area contributed by atoms with Crippen LogP contribution in [-0.2, 0) is 22.4 Å². The highest BCUT2D eigenvalue weighted by molar-refractivity contribution is 6.34. The molecule has 4 rings (SSSR count). The summed E-state index contributed by atoms with van der Waals surface area (Å²) in [7, 11) is 0. The second-order valence-electron chi connectivity index (χ2n) is 8.67. The number of hydrogen-bond donors (Lipinski definition) is 2. The summed E-state index contributed by atoms with van der Waals surface area (Å²) in [6, 6.07) is 15.2. The number of pyridine rings is 1. The molecule has 180 valence electrons. The third-order valence-corrected chi connectivity index (χ3v) is 5.85. The highest BCUT2D eigenvalue weighted by Gasteiger charge is 2.21. The van der Waals surface area contributed by atoms with E-state index in [9.17, 15) is 9.59 Å². The van der Waals surface area contributed by atoms with Crippen LogP contribution in [0.25, 0.3) is 11.1 Å². The highest BCUT2D eigenvalue weighted by atomic mass is 35.5. The maximum atomic E-state index is 12.0. The zero-order valence-electron chi connectivity index (χ0n) is 19.7. The number of carbonyl (C=O) groups is 2. The number of ether oxygens (including phenoxy) is 1. The van der Waals surface area contributed by atoms with E-state index in [2.05, 4.69) is 21.4 Å². The molecule has 2 heterocycles. The fraction of sp³-hybridized carbons (Fsp3) is 0.259. The van der Waals surface area contributed by atoms with Crippen LogP contribution in [0.4, 0.5) is 16.3 Å². The third-order valence-electron chi connectivity index (χ3n) is 5.52. The Morgan fingerprint density at radius 1 is 1.11 bits per heavy atom. The van der Waals surface area contributed by atoms with Gasteiger partial charge in [0.2, 0.25) is 0 Å². The lowest BCUT2D eigenvalue weighted by Gasteiger charge is -2.11. The van der Waals surface area contributed by atoms with Gasteiger partial charge in [-0.25, -0.2) is 14.8 Å². The number of fused-ring (bicyclic) bond motifs is 1. The molecule has 3 aromatic rings. The van der Waals surface area contributed by atoms with E-state index in [0.717, 1.165) is 33.5 Å². The minimum absolute atomic E-state index is 0.138. The average Bonchev–Trinajstić information content (AvgIpc) is 3.23. The molecule has 2 aromatic carbocycles. The molecule has 0 aliphatic carbocycles. The number of aliphatic imine (C=N–C) groups is 1. The van der Waals surface area contributed by atoms with Gasteiger partial charge in [0.25, 0.3) is 0 Å². The number of amides is 1. The maximum Gasteiger partial charge on any atom is 0.411 e. The lowest BCUT2D eigenvalue weighted by atomic mass is 9.99. The van der Waals surface area contributed by atoms with E-state index in [1.807, 2.05) is 24.3 Å². The Labute approximate surface area is 209 Å². The number of aromatic nitrogens is 1. The van der Waals surface area contributed by atoms with Crippen LogP contribution in [0.5, 0.6) is 0 Å². The Kier molecular flexibility index (Phi) is 7.58. The molecule has 1 aromatic heterocycles. The van der Waals surface area contributed by atoms with Gasteiger partial charge in [-0.3, -0.25) is 10.1 Å². The van der Waals surface area contributed by atoms with Gasteiger partial charge in [0.05, 0.1) is 11.8 Å². The van der Waals surface area contributed by atoms with Crippen LogP contribution in [0.15, 0.2) is 59.7 Å². The van der Waals surface area contributed by atoms with Crippen molar-refractivity contribution in [3.05, 3.63) is 76.4 Å². The predicted octanol–water partition coefficient (Wildman–Crippen LogP) is 5.50. The first-order valence-electron chi connectivity index (χ1n) is 11.5. The van der Waals surface area contributed by atoms with E-state index in [1.165, 1.54) is 0 Å². The summed E-state index contributed by atoms with van der Waals surface area (Å²) in [5, 5.41) is 3.26. The number of anilines is 1. The topological polar surface area (TPSA) is 107 Å². The van der Waals surface area contributed by atoms with Crippen LogP contribution in [0.2, 0.25) is 5.02 Å². The van der Waals surface area contributed by atoms with Gasteiger partial charge in [0.15, 0.2) is 5.82 Å². The number of benzene rings is 2. The van der Waals surface area contributed by atoms with E-state index in [-0.39, 0.29) is 11.9 Å². The van der Waals surface area contributed by atoms with Crippen LogP contribution in [-0.4, -0.2) is 35.2 Å². The monoisotopic (exact) mass is 490 g/mol. The Morgan fingerprint density at radius 2 is 1.89 bits per heavy atom. The zero-order valence-corrected chi connectivity index (χ0v) is 20.4. The first kappa shape index (κ1) is 24.6. The molecule has 0 saturated carbocycles. The molecule has 0 fully saturated rings. The van der Waals surface area contributed by atoms with Gasteiger partial charge in [-0.2, -0.15) is 0 Å². The van der Waals surface area contributed by atoms with Crippen LogP contribution in [0, 0.1) is 0 Å². The van der Waals surface area contributed by atoms with Crippen molar-refractivity contribution in [2.45, 2.75) is 39.2 Å².